The number of thiocarbonyl (C=S) groups is 1. The van der Waals surface area contributed by atoms with E-state index in [-0.39, 0.29) is 26.5 Å². The molecule has 0 radical (unpaired) electrons. The van der Waals surface area contributed by atoms with Crippen molar-refractivity contribution in [3.63, 3.8) is 0 Å². The van der Waals surface area contributed by atoms with Gasteiger partial charge in [-0.15, -0.1) is 0 Å². The first-order chi connectivity index (χ1) is 15.2. The van der Waals surface area contributed by atoms with Crippen LogP contribution in [0.4, 0.5) is 11.4 Å². The van der Waals surface area contributed by atoms with Crippen LogP contribution in [-0.2, 0) is 4.79 Å². The first-order valence-electron chi connectivity index (χ1n) is 8.90. The normalized spacial score (nSPS) is 14.9. The van der Waals surface area contributed by atoms with Crippen molar-refractivity contribution < 1.29 is 24.0 Å². The number of carboxylic acid groups (broad SMARTS) is 1. The molecule has 0 saturated carbocycles. The number of nitro benzene ring substituents is 1. The molecule has 0 unspecified atom stereocenters. The van der Waals surface area contributed by atoms with Crippen molar-refractivity contribution in [2.24, 2.45) is 0 Å². The number of thioether (sulfide) groups is 1. The topological polar surface area (TPSA) is 114 Å². The van der Waals surface area contributed by atoms with Gasteiger partial charge in [-0.1, -0.05) is 35.6 Å². The molecule has 11 heteroatoms. The summed E-state index contributed by atoms with van der Waals surface area (Å²) in [7, 11) is 0. The van der Waals surface area contributed by atoms with E-state index in [4.69, 9.17) is 28.2 Å². The Hall–Kier alpha value is -3.47. The third kappa shape index (κ3) is 4.15. The first kappa shape index (κ1) is 21.8. The fourth-order valence-electron chi connectivity index (χ4n) is 2.97. The smallest absolute Gasteiger partial charge is 0.337 e. The van der Waals surface area contributed by atoms with Gasteiger partial charge >= 0.3 is 5.97 Å². The van der Waals surface area contributed by atoms with Crippen molar-refractivity contribution in [3.05, 3.63) is 86.0 Å². The zero-order chi connectivity index (χ0) is 23.0. The molecule has 2 aromatic carbocycles. The summed E-state index contributed by atoms with van der Waals surface area (Å²) in [5.41, 5.74) is 0.797. The number of aromatic carboxylic acids is 1. The van der Waals surface area contributed by atoms with E-state index in [2.05, 4.69) is 0 Å². The highest BCUT2D eigenvalue weighted by molar-refractivity contribution is 8.27. The Kier molecular flexibility index (Phi) is 5.83. The molecule has 1 aromatic heterocycles. The summed E-state index contributed by atoms with van der Waals surface area (Å²) < 4.78 is 6.04. The zero-order valence-corrected chi connectivity index (χ0v) is 18.2. The molecule has 1 saturated heterocycles. The number of furan rings is 1. The largest absolute Gasteiger partial charge is 0.478 e. The quantitative estimate of drug-likeness (QED) is 0.214. The Balaban J connectivity index is 1.59. The van der Waals surface area contributed by atoms with Gasteiger partial charge in [-0.25, -0.2) is 4.79 Å². The minimum absolute atomic E-state index is 0.0499. The summed E-state index contributed by atoms with van der Waals surface area (Å²) in [6.45, 7) is 0. The van der Waals surface area contributed by atoms with E-state index in [0.717, 1.165) is 11.8 Å². The molecule has 0 aliphatic carbocycles. The molecule has 0 bridgehead atoms. The predicted molar refractivity (Wildman–Crippen MR) is 125 cm³/mol. The Labute approximate surface area is 195 Å². The van der Waals surface area contributed by atoms with Crippen LogP contribution in [0.5, 0.6) is 0 Å². The van der Waals surface area contributed by atoms with Crippen LogP contribution in [0.25, 0.3) is 17.4 Å². The number of carbonyl (C=O) groups excluding carboxylic acids is 1. The second-order valence-corrected chi connectivity index (χ2v) is 8.58. The lowest BCUT2D eigenvalue weighted by Gasteiger charge is -2.13. The van der Waals surface area contributed by atoms with Crippen LogP contribution in [0.15, 0.2) is 63.9 Å². The van der Waals surface area contributed by atoms with E-state index in [0.29, 0.717) is 27.7 Å². The van der Waals surface area contributed by atoms with Gasteiger partial charge < -0.3 is 9.52 Å². The number of carbonyl (C=O) groups is 2. The molecule has 1 N–H and O–H groups in total. The SMILES string of the molecule is O=C(O)c1cc(-c2ccc(C=C3SC(=S)N(c4ccc([N+](=O)[O-])cc4)C3=O)o2)ccc1Cl. The Bertz CT molecular complexity index is 1320. The summed E-state index contributed by atoms with van der Waals surface area (Å²) >= 11 is 12.3. The van der Waals surface area contributed by atoms with Crippen molar-refractivity contribution in [1.29, 1.82) is 0 Å². The molecule has 2 heterocycles. The molecule has 1 aliphatic heterocycles. The molecule has 1 fully saturated rings. The van der Waals surface area contributed by atoms with E-state index in [9.17, 15) is 24.8 Å². The van der Waals surface area contributed by atoms with E-state index in [1.807, 2.05) is 0 Å². The molecule has 32 heavy (non-hydrogen) atoms. The molecular formula is C21H11ClN2O6S2. The molecule has 1 amide bonds. The number of hydrogen-bond donors (Lipinski definition) is 1. The fourth-order valence-corrected chi connectivity index (χ4v) is 4.45. The maximum Gasteiger partial charge on any atom is 0.337 e. The zero-order valence-electron chi connectivity index (χ0n) is 15.9. The molecule has 0 atom stereocenters. The number of halogens is 1. The molecule has 0 spiro atoms. The van der Waals surface area contributed by atoms with Crippen molar-refractivity contribution in [1.82, 2.24) is 0 Å². The van der Waals surface area contributed by atoms with Crippen LogP contribution in [0, 0.1) is 10.1 Å². The van der Waals surface area contributed by atoms with Gasteiger partial charge in [0.15, 0.2) is 4.32 Å². The number of nitro groups is 1. The highest BCUT2D eigenvalue weighted by Crippen LogP contribution is 2.37. The number of anilines is 1. The monoisotopic (exact) mass is 486 g/mol. The van der Waals surface area contributed by atoms with Crippen LogP contribution >= 0.6 is 35.6 Å². The fraction of sp³-hybridized carbons (Fsp3) is 0. The number of hydrogen-bond acceptors (Lipinski definition) is 7. The minimum Gasteiger partial charge on any atom is -0.478 e. The summed E-state index contributed by atoms with van der Waals surface area (Å²) in [5.74, 6) is -0.762. The van der Waals surface area contributed by atoms with Gasteiger partial charge in [-0.2, -0.15) is 0 Å². The number of benzene rings is 2. The third-order valence-electron chi connectivity index (χ3n) is 4.49. The molecule has 4 rings (SSSR count). The van der Waals surface area contributed by atoms with Crippen LogP contribution in [0.1, 0.15) is 16.1 Å². The number of non-ortho nitro benzene ring substituents is 1. The van der Waals surface area contributed by atoms with Crippen LogP contribution < -0.4 is 4.90 Å². The Morgan fingerprint density at radius 1 is 1.19 bits per heavy atom. The van der Waals surface area contributed by atoms with Crippen LogP contribution in [0.3, 0.4) is 0 Å². The third-order valence-corrected chi connectivity index (χ3v) is 6.13. The summed E-state index contributed by atoms with van der Waals surface area (Å²) in [6, 6.07) is 13.3. The van der Waals surface area contributed by atoms with Crippen molar-refractivity contribution >= 4 is 69.2 Å². The number of nitrogens with zero attached hydrogens (tertiary/aromatic N) is 2. The maximum atomic E-state index is 12.9. The molecule has 3 aromatic rings. The van der Waals surface area contributed by atoms with Crippen LogP contribution in [0.2, 0.25) is 5.02 Å². The van der Waals surface area contributed by atoms with Gasteiger partial charge in [-0.3, -0.25) is 19.8 Å². The number of rotatable bonds is 5. The molecular weight excluding hydrogens is 476 g/mol. The first-order valence-corrected chi connectivity index (χ1v) is 10.5. The van der Waals surface area contributed by atoms with E-state index in [1.165, 1.54) is 47.4 Å². The standard InChI is InChI=1S/C21H11ClN2O6S2/c22-16-7-1-11(9-15(16)20(26)27)17-8-6-14(30-17)10-18-19(25)23(21(31)32-18)12-2-4-13(5-3-12)24(28)29/h1-10H,(H,26,27). The lowest BCUT2D eigenvalue weighted by atomic mass is 10.1. The van der Waals surface area contributed by atoms with E-state index < -0.39 is 10.9 Å². The summed E-state index contributed by atoms with van der Waals surface area (Å²) in [6.07, 6.45) is 1.53. The second-order valence-electron chi connectivity index (χ2n) is 6.49. The molecule has 8 nitrogen and oxygen atoms in total. The van der Waals surface area contributed by atoms with Gasteiger partial charge in [-0.05, 0) is 42.5 Å². The summed E-state index contributed by atoms with van der Waals surface area (Å²) in [4.78, 5) is 36.1. The van der Waals surface area contributed by atoms with Crippen molar-refractivity contribution in [3.8, 4) is 11.3 Å². The highest BCUT2D eigenvalue weighted by Gasteiger charge is 2.33. The van der Waals surface area contributed by atoms with Gasteiger partial charge in [0.25, 0.3) is 11.6 Å². The molecule has 160 valence electrons. The van der Waals surface area contributed by atoms with Gasteiger partial charge in [0.1, 0.15) is 11.5 Å². The summed E-state index contributed by atoms with van der Waals surface area (Å²) in [5, 5.41) is 20.2. The maximum absolute atomic E-state index is 12.9. The van der Waals surface area contributed by atoms with Gasteiger partial charge in [0.05, 0.1) is 26.1 Å². The van der Waals surface area contributed by atoms with Crippen molar-refractivity contribution in [2.75, 3.05) is 4.90 Å². The lowest BCUT2D eigenvalue weighted by molar-refractivity contribution is -0.384. The average Bonchev–Trinajstić information content (AvgIpc) is 3.32. The Morgan fingerprint density at radius 2 is 1.91 bits per heavy atom. The minimum atomic E-state index is -1.15. The second kappa shape index (κ2) is 8.58. The van der Waals surface area contributed by atoms with Gasteiger partial charge in [0, 0.05) is 23.8 Å². The average molecular weight is 487 g/mol. The number of carboxylic acids is 1. The van der Waals surface area contributed by atoms with Crippen molar-refractivity contribution in [2.45, 2.75) is 0 Å². The lowest BCUT2D eigenvalue weighted by Crippen LogP contribution is -2.27. The number of amides is 1. The van der Waals surface area contributed by atoms with Crippen LogP contribution in [-0.4, -0.2) is 26.2 Å². The van der Waals surface area contributed by atoms with E-state index >= 15 is 0 Å². The van der Waals surface area contributed by atoms with Gasteiger partial charge in [0.2, 0.25) is 0 Å². The highest BCUT2D eigenvalue weighted by atomic mass is 35.5. The predicted octanol–water partition coefficient (Wildman–Crippen LogP) is 5.61. The molecule has 1 aliphatic rings. The Morgan fingerprint density at radius 3 is 2.56 bits per heavy atom. The van der Waals surface area contributed by atoms with E-state index in [1.54, 1.807) is 18.2 Å².